The molecule has 20 heavy (non-hydrogen) atoms. The molecule has 0 saturated heterocycles. The van der Waals surface area contributed by atoms with Crippen LogP contribution in [0.25, 0.3) is 0 Å². The van der Waals surface area contributed by atoms with Gasteiger partial charge in [-0.2, -0.15) is 0 Å². The summed E-state index contributed by atoms with van der Waals surface area (Å²) in [4.78, 5) is 0.913. The summed E-state index contributed by atoms with van der Waals surface area (Å²) in [5, 5.41) is 22.6. The Bertz CT molecular complexity index is 610. The normalized spacial score (nSPS) is 16.1. The molecule has 1 aromatic carbocycles. The van der Waals surface area contributed by atoms with Crippen LogP contribution >= 0.6 is 11.8 Å². The van der Waals surface area contributed by atoms with Crippen molar-refractivity contribution in [1.82, 2.24) is 20.2 Å². The Labute approximate surface area is 121 Å². The molecule has 3 rings (SSSR count). The van der Waals surface area contributed by atoms with Crippen LogP contribution in [0.1, 0.15) is 37.5 Å². The Morgan fingerprint density at radius 2 is 2.25 bits per heavy atom. The van der Waals surface area contributed by atoms with Gasteiger partial charge in [0.1, 0.15) is 5.75 Å². The standard InChI is InChI=1S/C13H16N4O2S/c1-8(18)12-10(19-2)4-3-5-11(12)20-13-14-15-16-17(13)9-6-7-9/h3-5,8-9,18H,6-7H2,1-2H3/t8-/m0/s1. The van der Waals surface area contributed by atoms with Crippen LogP contribution in [0.5, 0.6) is 5.75 Å². The van der Waals surface area contributed by atoms with Crippen LogP contribution in [-0.4, -0.2) is 32.4 Å². The van der Waals surface area contributed by atoms with E-state index < -0.39 is 6.10 Å². The fourth-order valence-corrected chi connectivity index (χ4v) is 3.18. The van der Waals surface area contributed by atoms with Crippen LogP contribution in [0.3, 0.4) is 0 Å². The smallest absolute Gasteiger partial charge is 0.214 e. The van der Waals surface area contributed by atoms with Gasteiger partial charge in [0.15, 0.2) is 0 Å². The lowest BCUT2D eigenvalue weighted by molar-refractivity contribution is 0.191. The average molecular weight is 292 g/mol. The number of methoxy groups -OCH3 is 1. The number of aromatic nitrogens is 4. The number of nitrogens with zero attached hydrogens (tertiary/aromatic N) is 4. The summed E-state index contributed by atoms with van der Waals surface area (Å²) in [5.41, 5.74) is 0.769. The molecule has 0 aliphatic heterocycles. The summed E-state index contributed by atoms with van der Waals surface area (Å²) < 4.78 is 7.18. The molecule has 0 unspecified atom stereocenters. The van der Waals surface area contributed by atoms with Crippen molar-refractivity contribution in [3.05, 3.63) is 23.8 Å². The zero-order valence-electron chi connectivity index (χ0n) is 11.4. The Kier molecular flexibility index (Phi) is 3.62. The Balaban J connectivity index is 1.95. The maximum atomic E-state index is 9.98. The predicted molar refractivity (Wildman–Crippen MR) is 73.8 cm³/mol. The molecular weight excluding hydrogens is 276 g/mol. The molecule has 7 heteroatoms. The molecule has 1 aliphatic carbocycles. The van der Waals surface area contributed by atoms with Gasteiger partial charge in [0, 0.05) is 10.5 Å². The molecule has 1 heterocycles. The van der Waals surface area contributed by atoms with Gasteiger partial charge in [0.05, 0.1) is 19.3 Å². The van der Waals surface area contributed by atoms with Crippen molar-refractivity contribution in [3.8, 4) is 5.75 Å². The van der Waals surface area contributed by atoms with E-state index in [9.17, 15) is 5.11 Å². The van der Waals surface area contributed by atoms with Gasteiger partial charge in [-0.1, -0.05) is 6.07 Å². The molecule has 6 nitrogen and oxygen atoms in total. The van der Waals surface area contributed by atoms with E-state index in [-0.39, 0.29) is 0 Å². The number of aliphatic hydroxyl groups excluding tert-OH is 1. The van der Waals surface area contributed by atoms with E-state index in [1.54, 1.807) is 14.0 Å². The van der Waals surface area contributed by atoms with Crippen molar-refractivity contribution < 1.29 is 9.84 Å². The van der Waals surface area contributed by atoms with Gasteiger partial charge in [-0.15, -0.1) is 5.10 Å². The summed E-state index contributed by atoms with van der Waals surface area (Å²) in [5.74, 6) is 0.676. The average Bonchev–Trinajstić information content (AvgIpc) is 3.18. The van der Waals surface area contributed by atoms with Crippen molar-refractivity contribution in [1.29, 1.82) is 0 Å². The number of hydrogen-bond acceptors (Lipinski definition) is 6. The molecule has 0 amide bonds. The first kappa shape index (κ1) is 13.4. The van der Waals surface area contributed by atoms with Crippen LogP contribution in [0.15, 0.2) is 28.3 Å². The van der Waals surface area contributed by atoms with E-state index in [1.807, 2.05) is 22.9 Å². The van der Waals surface area contributed by atoms with E-state index >= 15 is 0 Å². The second kappa shape index (κ2) is 5.41. The molecule has 1 aliphatic rings. The van der Waals surface area contributed by atoms with Crippen molar-refractivity contribution >= 4 is 11.8 Å². The van der Waals surface area contributed by atoms with Gasteiger partial charge in [-0.25, -0.2) is 4.68 Å². The van der Waals surface area contributed by atoms with Gasteiger partial charge in [0.25, 0.3) is 0 Å². The molecule has 0 radical (unpaired) electrons. The van der Waals surface area contributed by atoms with E-state index in [0.29, 0.717) is 11.8 Å². The highest BCUT2D eigenvalue weighted by Crippen LogP contribution is 2.41. The van der Waals surface area contributed by atoms with Gasteiger partial charge < -0.3 is 9.84 Å². The first-order valence-electron chi connectivity index (χ1n) is 6.51. The number of ether oxygens (including phenoxy) is 1. The van der Waals surface area contributed by atoms with Gasteiger partial charge in [0.2, 0.25) is 5.16 Å². The largest absolute Gasteiger partial charge is 0.496 e. The minimum atomic E-state index is -0.612. The number of aliphatic hydroxyl groups is 1. The van der Waals surface area contributed by atoms with Crippen molar-refractivity contribution in [2.75, 3.05) is 7.11 Å². The number of rotatable bonds is 5. The summed E-state index contributed by atoms with van der Waals surface area (Å²) in [6, 6.07) is 6.11. The molecule has 1 N–H and O–H groups in total. The molecule has 1 atom stereocenters. The Morgan fingerprint density at radius 1 is 1.45 bits per heavy atom. The highest BCUT2D eigenvalue weighted by Gasteiger charge is 2.28. The van der Waals surface area contributed by atoms with Crippen LogP contribution < -0.4 is 4.74 Å². The van der Waals surface area contributed by atoms with Crippen molar-refractivity contribution in [3.63, 3.8) is 0 Å². The minimum absolute atomic E-state index is 0.424. The van der Waals surface area contributed by atoms with Crippen molar-refractivity contribution in [2.24, 2.45) is 0 Å². The zero-order valence-corrected chi connectivity index (χ0v) is 12.2. The molecule has 1 fully saturated rings. The highest BCUT2D eigenvalue weighted by atomic mass is 32.2. The van der Waals surface area contributed by atoms with Crippen LogP contribution in [0.4, 0.5) is 0 Å². The van der Waals surface area contributed by atoms with Gasteiger partial charge in [-0.05, 0) is 54.1 Å². The first-order chi connectivity index (χ1) is 9.70. The second-order valence-electron chi connectivity index (χ2n) is 4.79. The first-order valence-corrected chi connectivity index (χ1v) is 7.33. The second-order valence-corrected chi connectivity index (χ2v) is 5.80. The summed E-state index contributed by atoms with van der Waals surface area (Å²) >= 11 is 1.46. The molecule has 1 aromatic heterocycles. The minimum Gasteiger partial charge on any atom is -0.496 e. The third-order valence-corrected chi connectivity index (χ3v) is 4.25. The molecule has 106 valence electrons. The third-order valence-electron chi connectivity index (χ3n) is 3.22. The topological polar surface area (TPSA) is 73.1 Å². The Hall–Kier alpha value is -1.60. The van der Waals surface area contributed by atoms with E-state index in [2.05, 4.69) is 15.5 Å². The number of hydrogen-bond donors (Lipinski definition) is 1. The molecule has 0 bridgehead atoms. The Morgan fingerprint density at radius 3 is 2.90 bits per heavy atom. The fourth-order valence-electron chi connectivity index (χ4n) is 2.10. The number of benzene rings is 1. The lowest BCUT2D eigenvalue weighted by Crippen LogP contribution is -2.01. The van der Waals surface area contributed by atoms with Gasteiger partial charge in [-0.3, -0.25) is 0 Å². The maximum Gasteiger partial charge on any atom is 0.214 e. The summed E-state index contributed by atoms with van der Waals surface area (Å²) in [6.45, 7) is 1.73. The lowest BCUT2D eigenvalue weighted by atomic mass is 10.1. The van der Waals surface area contributed by atoms with Crippen LogP contribution in [0.2, 0.25) is 0 Å². The zero-order chi connectivity index (χ0) is 14.1. The van der Waals surface area contributed by atoms with E-state index in [0.717, 1.165) is 28.5 Å². The monoisotopic (exact) mass is 292 g/mol. The number of tetrazole rings is 1. The fraction of sp³-hybridized carbons (Fsp3) is 0.462. The van der Waals surface area contributed by atoms with Crippen molar-refractivity contribution in [2.45, 2.75) is 42.0 Å². The maximum absolute atomic E-state index is 9.98. The summed E-state index contributed by atoms with van der Waals surface area (Å²) in [6.07, 6.45) is 1.64. The molecular formula is C13H16N4O2S. The quantitative estimate of drug-likeness (QED) is 0.911. The van der Waals surface area contributed by atoms with Gasteiger partial charge >= 0.3 is 0 Å². The summed E-state index contributed by atoms with van der Waals surface area (Å²) in [7, 11) is 1.60. The van der Waals surface area contributed by atoms with Crippen LogP contribution in [0, 0.1) is 0 Å². The lowest BCUT2D eigenvalue weighted by Gasteiger charge is -2.15. The van der Waals surface area contributed by atoms with Crippen LogP contribution in [-0.2, 0) is 0 Å². The third kappa shape index (κ3) is 2.51. The molecule has 2 aromatic rings. The molecule has 0 spiro atoms. The SMILES string of the molecule is COc1cccc(Sc2nnnn2C2CC2)c1[C@H](C)O. The van der Waals surface area contributed by atoms with E-state index in [4.69, 9.17) is 4.74 Å². The highest BCUT2D eigenvalue weighted by molar-refractivity contribution is 7.99. The predicted octanol–water partition coefficient (Wildman–Crippen LogP) is 2.22. The molecule has 1 saturated carbocycles. The van der Waals surface area contributed by atoms with E-state index in [1.165, 1.54) is 11.8 Å².